The Balaban J connectivity index is 1.74. The number of carbonyl (C=O) groups excluding carboxylic acids is 3. The number of thiocarbonyl (C=S) groups is 1. The number of hydrogen-bond donors (Lipinski definition) is 1. The van der Waals surface area contributed by atoms with Gasteiger partial charge in [0.2, 0.25) is 22.8 Å². The topological polar surface area (TPSA) is 93.0 Å². The van der Waals surface area contributed by atoms with Crippen LogP contribution in [0.4, 0.5) is 0 Å². The van der Waals surface area contributed by atoms with Gasteiger partial charge in [-0.1, -0.05) is 11.3 Å². The van der Waals surface area contributed by atoms with Crippen molar-refractivity contribution in [2.24, 2.45) is 12.0 Å². The molecule has 3 rings (SSSR count). The van der Waals surface area contributed by atoms with Crippen LogP contribution < -0.4 is 14.9 Å². The maximum Gasteiger partial charge on any atom is 0.246 e. The number of amides is 3. The molecule has 1 aromatic carbocycles. The molecule has 0 bridgehead atoms. The van der Waals surface area contributed by atoms with E-state index in [1.54, 1.807) is 0 Å². The summed E-state index contributed by atoms with van der Waals surface area (Å²) in [5, 5.41) is 2.43. The summed E-state index contributed by atoms with van der Waals surface area (Å²) in [7, 11) is 1.85. The number of nitrogens with zero attached hydrogens (tertiary/aromatic N) is 3. The zero-order valence-electron chi connectivity index (χ0n) is 14.9. The quantitative estimate of drug-likeness (QED) is 0.606. The maximum atomic E-state index is 12.0. The molecule has 0 radical (unpaired) electrons. The van der Waals surface area contributed by atoms with Crippen molar-refractivity contribution in [3.8, 4) is 5.75 Å². The van der Waals surface area contributed by atoms with Crippen molar-refractivity contribution in [1.29, 1.82) is 0 Å². The molecule has 27 heavy (non-hydrogen) atoms. The number of rotatable bonds is 4. The van der Waals surface area contributed by atoms with Gasteiger partial charge < -0.3 is 9.30 Å². The summed E-state index contributed by atoms with van der Waals surface area (Å²) >= 11 is 6.54. The minimum absolute atomic E-state index is 0.0220. The third-order valence-electron chi connectivity index (χ3n) is 3.99. The average molecular weight is 406 g/mol. The molecule has 1 aliphatic rings. The summed E-state index contributed by atoms with van der Waals surface area (Å²) in [6.45, 7) is 2.16. The summed E-state index contributed by atoms with van der Waals surface area (Å²) in [5.41, 5.74) is 0.963. The lowest BCUT2D eigenvalue weighted by Crippen LogP contribution is -2.41. The van der Waals surface area contributed by atoms with Gasteiger partial charge in [-0.05, 0) is 37.3 Å². The fourth-order valence-electron chi connectivity index (χ4n) is 2.69. The molecule has 0 spiro atoms. The zero-order valence-corrected chi connectivity index (χ0v) is 16.5. The summed E-state index contributed by atoms with van der Waals surface area (Å²) in [6, 6.07) is 5.74. The van der Waals surface area contributed by atoms with Crippen LogP contribution in [0.15, 0.2) is 23.2 Å². The number of aryl methyl sites for hydroxylation is 1. The van der Waals surface area contributed by atoms with Crippen LogP contribution in [-0.2, 0) is 21.4 Å². The minimum Gasteiger partial charge on any atom is -0.494 e. The number of nitrogens with one attached hydrogen (secondary N) is 1. The van der Waals surface area contributed by atoms with Crippen LogP contribution in [0.3, 0.4) is 0 Å². The van der Waals surface area contributed by atoms with E-state index < -0.39 is 5.91 Å². The van der Waals surface area contributed by atoms with E-state index in [9.17, 15) is 14.4 Å². The Morgan fingerprint density at radius 2 is 2.04 bits per heavy atom. The molecule has 0 saturated carbocycles. The molecule has 2 aromatic rings. The Bertz CT molecular complexity index is 992. The first-order valence-corrected chi connectivity index (χ1v) is 9.55. The van der Waals surface area contributed by atoms with E-state index in [0.29, 0.717) is 11.4 Å². The van der Waals surface area contributed by atoms with E-state index in [-0.39, 0.29) is 36.3 Å². The van der Waals surface area contributed by atoms with Gasteiger partial charge in [-0.2, -0.15) is 4.99 Å². The number of aromatic nitrogens is 1. The van der Waals surface area contributed by atoms with Crippen molar-refractivity contribution in [2.75, 3.05) is 13.2 Å². The van der Waals surface area contributed by atoms with E-state index in [1.165, 1.54) is 11.3 Å². The fourth-order valence-corrected chi connectivity index (χ4v) is 4.01. The van der Waals surface area contributed by atoms with Crippen LogP contribution in [0.25, 0.3) is 10.2 Å². The molecule has 142 valence electrons. The molecule has 1 aliphatic heterocycles. The van der Waals surface area contributed by atoms with Crippen molar-refractivity contribution in [2.45, 2.75) is 19.8 Å². The van der Waals surface area contributed by atoms with Crippen LogP contribution in [0.2, 0.25) is 0 Å². The van der Waals surface area contributed by atoms with Crippen molar-refractivity contribution >= 4 is 56.6 Å². The number of likely N-dealkylation sites (tertiary alicyclic amines) is 1. The number of fused-ring (bicyclic) bond motifs is 1. The molecule has 0 aliphatic carbocycles. The summed E-state index contributed by atoms with van der Waals surface area (Å²) in [6.07, 6.45) is 0.282. The van der Waals surface area contributed by atoms with Crippen LogP contribution in [0, 0.1) is 0 Å². The minimum atomic E-state index is -0.547. The smallest absolute Gasteiger partial charge is 0.246 e. The second-order valence-electron chi connectivity index (χ2n) is 5.84. The van der Waals surface area contributed by atoms with Gasteiger partial charge in [-0.15, -0.1) is 0 Å². The van der Waals surface area contributed by atoms with Gasteiger partial charge in [0.05, 0.1) is 16.8 Å². The highest BCUT2D eigenvalue weighted by atomic mass is 32.1. The molecule has 0 atom stereocenters. The second-order valence-corrected chi connectivity index (χ2v) is 7.24. The van der Waals surface area contributed by atoms with Gasteiger partial charge >= 0.3 is 0 Å². The second kappa shape index (κ2) is 7.97. The highest BCUT2D eigenvalue weighted by Crippen LogP contribution is 2.22. The molecule has 2 heterocycles. The lowest BCUT2D eigenvalue weighted by Gasteiger charge is -2.12. The third-order valence-corrected chi connectivity index (χ3v) is 5.28. The molecular weight excluding hydrogens is 388 g/mol. The largest absolute Gasteiger partial charge is 0.494 e. The van der Waals surface area contributed by atoms with Gasteiger partial charge in [-0.25, -0.2) is 0 Å². The first-order chi connectivity index (χ1) is 12.9. The number of ether oxygens (including phenoxy) is 1. The van der Waals surface area contributed by atoms with Crippen LogP contribution in [0.5, 0.6) is 5.75 Å². The van der Waals surface area contributed by atoms with Crippen molar-refractivity contribution in [1.82, 2.24) is 14.8 Å². The highest BCUT2D eigenvalue weighted by molar-refractivity contribution is 7.80. The van der Waals surface area contributed by atoms with Crippen molar-refractivity contribution in [3.63, 3.8) is 0 Å². The standard InChI is InChI=1S/C17H18N4O4S2/c1-3-25-10-4-5-11-12(8-10)27-17(20(11)2)19-16(26)18-13(22)9-21-14(23)6-7-15(21)24/h4-5,8H,3,6-7,9H2,1-2H3,(H,18,22,26). The maximum absolute atomic E-state index is 12.0. The van der Waals surface area contributed by atoms with Crippen LogP contribution in [-0.4, -0.2) is 45.5 Å². The summed E-state index contributed by atoms with van der Waals surface area (Å²) in [4.78, 5) is 41.0. The number of carbonyl (C=O) groups is 3. The third kappa shape index (κ3) is 4.22. The van der Waals surface area contributed by atoms with E-state index in [0.717, 1.165) is 20.9 Å². The predicted octanol–water partition coefficient (Wildman–Crippen LogP) is 1.09. The fraction of sp³-hybridized carbons (Fsp3) is 0.353. The Morgan fingerprint density at radius 1 is 1.33 bits per heavy atom. The molecule has 8 nitrogen and oxygen atoms in total. The SMILES string of the molecule is CCOc1ccc2c(c1)sc(=NC(=S)NC(=O)CN1C(=O)CCC1=O)n2C. The van der Waals surface area contributed by atoms with E-state index >= 15 is 0 Å². The monoisotopic (exact) mass is 406 g/mol. The predicted molar refractivity (Wildman–Crippen MR) is 104 cm³/mol. The number of hydrogen-bond acceptors (Lipinski definition) is 6. The summed E-state index contributed by atoms with van der Waals surface area (Å²) < 4.78 is 8.34. The first-order valence-electron chi connectivity index (χ1n) is 8.33. The van der Waals surface area contributed by atoms with Gasteiger partial charge in [0.1, 0.15) is 12.3 Å². The Labute approximate surface area is 164 Å². The molecule has 10 heteroatoms. The molecule has 1 aromatic heterocycles. The molecular formula is C17H18N4O4S2. The van der Waals surface area contributed by atoms with E-state index in [2.05, 4.69) is 10.3 Å². The lowest BCUT2D eigenvalue weighted by atomic mass is 10.3. The zero-order chi connectivity index (χ0) is 19.6. The number of imide groups is 1. The molecule has 1 saturated heterocycles. The van der Waals surface area contributed by atoms with Gasteiger partial charge in [0, 0.05) is 19.9 Å². The Morgan fingerprint density at radius 3 is 2.70 bits per heavy atom. The van der Waals surface area contributed by atoms with Gasteiger partial charge in [0.25, 0.3) is 0 Å². The lowest BCUT2D eigenvalue weighted by molar-refractivity contribution is -0.142. The van der Waals surface area contributed by atoms with Crippen LogP contribution >= 0.6 is 23.6 Å². The molecule has 1 fully saturated rings. The van der Waals surface area contributed by atoms with Crippen molar-refractivity contribution < 1.29 is 19.1 Å². The molecule has 1 N–H and O–H groups in total. The first kappa shape index (κ1) is 19.2. The molecule has 3 amide bonds. The van der Waals surface area contributed by atoms with Crippen LogP contribution in [0.1, 0.15) is 19.8 Å². The van der Waals surface area contributed by atoms with E-state index in [1.807, 2.05) is 36.7 Å². The average Bonchev–Trinajstić information content (AvgIpc) is 3.09. The van der Waals surface area contributed by atoms with Crippen molar-refractivity contribution in [3.05, 3.63) is 23.0 Å². The summed E-state index contributed by atoms with van der Waals surface area (Å²) in [5.74, 6) is -0.470. The molecule has 0 unspecified atom stereocenters. The Kier molecular flexibility index (Phi) is 5.66. The normalized spacial score (nSPS) is 14.9. The van der Waals surface area contributed by atoms with E-state index in [4.69, 9.17) is 17.0 Å². The number of thiazole rings is 1. The highest BCUT2D eigenvalue weighted by Gasteiger charge is 2.30. The Hall–Kier alpha value is -2.59. The van der Waals surface area contributed by atoms with Gasteiger partial charge in [0.15, 0.2) is 4.80 Å². The van der Waals surface area contributed by atoms with Gasteiger partial charge in [-0.3, -0.25) is 24.6 Å². The number of benzene rings is 1.